The third-order valence-electron chi connectivity index (χ3n) is 3.18. The lowest BCUT2D eigenvalue weighted by Crippen LogP contribution is -2.33. The van der Waals surface area contributed by atoms with Gasteiger partial charge in [0.2, 0.25) is 5.91 Å². The molecule has 0 spiro atoms. The number of hydrogen-bond donors (Lipinski definition) is 2. The van der Waals surface area contributed by atoms with E-state index in [1.807, 2.05) is 0 Å². The maximum atomic E-state index is 13.2. The number of alkyl halides is 5. The van der Waals surface area contributed by atoms with Gasteiger partial charge in [0.05, 0.1) is 12.5 Å². The maximum absolute atomic E-state index is 13.2. The van der Waals surface area contributed by atoms with Crippen molar-refractivity contribution in [3.8, 4) is 0 Å². The fraction of sp³-hybridized carbons (Fsp3) is 0.333. The van der Waals surface area contributed by atoms with Crippen LogP contribution in [0, 0.1) is 0 Å². The number of carboxylic acid groups (broad SMARTS) is 1. The highest BCUT2D eigenvalue weighted by atomic mass is 19.4. The zero-order valence-corrected chi connectivity index (χ0v) is 12.5. The van der Waals surface area contributed by atoms with Crippen molar-refractivity contribution in [2.24, 2.45) is 0 Å². The van der Waals surface area contributed by atoms with Crippen molar-refractivity contribution >= 4 is 11.9 Å². The van der Waals surface area contributed by atoms with Gasteiger partial charge in [-0.3, -0.25) is 4.79 Å². The Balaban J connectivity index is 2.81. The van der Waals surface area contributed by atoms with Gasteiger partial charge in [0.25, 0.3) is 0 Å². The van der Waals surface area contributed by atoms with Crippen LogP contribution in [0.4, 0.5) is 22.0 Å². The first kappa shape index (κ1) is 19.6. The van der Waals surface area contributed by atoms with Gasteiger partial charge in [0, 0.05) is 11.1 Å². The smallest absolute Gasteiger partial charge is 0.458 e. The molecule has 9 heteroatoms. The lowest BCUT2D eigenvalue weighted by molar-refractivity contribution is -0.289. The van der Waals surface area contributed by atoms with Crippen LogP contribution in [-0.4, -0.2) is 23.2 Å². The van der Waals surface area contributed by atoms with Crippen LogP contribution in [0.15, 0.2) is 36.4 Å². The van der Waals surface area contributed by atoms with Gasteiger partial charge in [-0.1, -0.05) is 30.8 Å². The molecule has 1 amide bonds. The van der Waals surface area contributed by atoms with Crippen molar-refractivity contribution < 1.29 is 36.6 Å². The highest BCUT2D eigenvalue weighted by molar-refractivity contribution is 5.93. The van der Waals surface area contributed by atoms with Gasteiger partial charge in [-0.25, -0.2) is 4.79 Å². The van der Waals surface area contributed by atoms with Gasteiger partial charge in [-0.15, -0.1) is 0 Å². The van der Waals surface area contributed by atoms with Gasteiger partial charge < -0.3 is 10.4 Å². The average molecular weight is 351 g/mol. The molecular formula is C15H14F5NO3. The molecule has 0 aromatic heterocycles. The third kappa shape index (κ3) is 4.53. The van der Waals surface area contributed by atoms with Gasteiger partial charge in [0.1, 0.15) is 0 Å². The Bertz CT molecular complexity index is 638. The number of hydrogen-bond acceptors (Lipinski definition) is 2. The standard InChI is InChI=1S/C15H14F5NO3/c1-8(13(23)24)7-12(22)21-9(2)10-3-5-11(6-4-10)14(16,17)15(18,19)20/h3-6,9H,1,7H2,2H3,(H,21,22)(H,23,24)/t9-/m0/s1. The number of carbonyl (C=O) groups excluding carboxylic acids is 1. The fourth-order valence-electron chi connectivity index (χ4n) is 1.79. The van der Waals surface area contributed by atoms with Gasteiger partial charge >= 0.3 is 18.1 Å². The lowest BCUT2D eigenvalue weighted by atomic mass is 10.0. The highest BCUT2D eigenvalue weighted by Crippen LogP contribution is 2.43. The van der Waals surface area contributed by atoms with Crippen molar-refractivity contribution in [1.82, 2.24) is 5.32 Å². The van der Waals surface area contributed by atoms with E-state index < -0.39 is 42.0 Å². The number of carbonyl (C=O) groups is 2. The maximum Gasteiger partial charge on any atom is 0.458 e. The number of rotatable bonds is 6. The Hall–Kier alpha value is -2.45. The molecule has 0 heterocycles. The summed E-state index contributed by atoms with van der Waals surface area (Å²) >= 11 is 0. The van der Waals surface area contributed by atoms with Crippen molar-refractivity contribution in [2.45, 2.75) is 31.5 Å². The summed E-state index contributed by atoms with van der Waals surface area (Å²) in [7, 11) is 0. The Morgan fingerprint density at radius 3 is 2.08 bits per heavy atom. The van der Waals surface area contributed by atoms with Crippen LogP contribution >= 0.6 is 0 Å². The minimum atomic E-state index is -5.70. The summed E-state index contributed by atoms with van der Waals surface area (Å²) in [5, 5.41) is 11.0. The molecule has 0 aliphatic carbocycles. The summed E-state index contributed by atoms with van der Waals surface area (Å²) < 4.78 is 63.2. The molecule has 0 saturated heterocycles. The van der Waals surface area contributed by atoms with E-state index in [1.165, 1.54) is 6.92 Å². The number of nitrogens with one attached hydrogen (secondary N) is 1. The van der Waals surface area contributed by atoms with Crippen molar-refractivity contribution in [1.29, 1.82) is 0 Å². The Morgan fingerprint density at radius 2 is 1.67 bits per heavy atom. The molecule has 0 aliphatic rings. The van der Waals surface area contributed by atoms with E-state index in [0.717, 1.165) is 12.1 Å². The summed E-state index contributed by atoms with van der Waals surface area (Å²) in [5.74, 6) is -6.98. The van der Waals surface area contributed by atoms with Crippen LogP contribution in [-0.2, 0) is 15.5 Å². The summed E-state index contributed by atoms with van der Waals surface area (Å²) in [6.45, 7) is 4.66. The zero-order valence-electron chi connectivity index (χ0n) is 12.5. The van der Waals surface area contributed by atoms with Gasteiger partial charge in [0.15, 0.2) is 0 Å². The largest absolute Gasteiger partial charge is 0.478 e. The number of aliphatic carboxylic acids is 1. The molecule has 0 saturated carbocycles. The van der Waals surface area contributed by atoms with Gasteiger partial charge in [-0.05, 0) is 12.5 Å². The van der Waals surface area contributed by atoms with E-state index in [1.54, 1.807) is 0 Å². The van der Waals surface area contributed by atoms with Crippen LogP contribution in [0.5, 0.6) is 0 Å². The quantitative estimate of drug-likeness (QED) is 0.608. The molecule has 1 atom stereocenters. The molecule has 1 aromatic carbocycles. The first-order valence-corrected chi connectivity index (χ1v) is 6.61. The molecule has 1 rings (SSSR count). The van der Waals surface area contributed by atoms with Crippen LogP contribution in [0.1, 0.15) is 30.5 Å². The first-order chi connectivity index (χ1) is 10.9. The number of amides is 1. The summed E-state index contributed by atoms with van der Waals surface area (Å²) in [5.41, 5.74) is -1.26. The molecule has 132 valence electrons. The highest BCUT2D eigenvalue weighted by Gasteiger charge is 2.58. The molecule has 4 nitrogen and oxygen atoms in total. The monoisotopic (exact) mass is 351 g/mol. The minimum absolute atomic E-state index is 0.283. The summed E-state index contributed by atoms with van der Waals surface area (Å²) in [4.78, 5) is 22.2. The third-order valence-corrected chi connectivity index (χ3v) is 3.18. The normalized spacial score (nSPS) is 13.2. The molecule has 1 aromatic rings. The van der Waals surface area contributed by atoms with Gasteiger partial charge in [-0.2, -0.15) is 22.0 Å². The molecule has 0 radical (unpaired) electrons. The molecule has 0 aliphatic heterocycles. The molecule has 0 unspecified atom stereocenters. The predicted molar refractivity (Wildman–Crippen MR) is 74.3 cm³/mol. The second-order valence-electron chi connectivity index (χ2n) is 5.07. The summed E-state index contributed by atoms with van der Waals surface area (Å²) in [6, 6.07) is 2.61. The fourth-order valence-corrected chi connectivity index (χ4v) is 1.79. The number of carboxylic acids is 1. The van der Waals surface area contributed by atoms with Crippen molar-refractivity contribution in [3.05, 3.63) is 47.5 Å². The van der Waals surface area contributed by atoms with E-state index >= 15 is 0 Å². The minimum Gasteiger partial charge on any atom is -0.478 e. The molecule has 24 heavy (non-hydrogen) atoms. The second kappa shape index (κ2) is 6.98. The van der Waals surface area contributed by atoms with E-state index in [2.05, 4.69) is 11.9 Å². The van der Waals surface area contributed by atoms with Crippen LogP contribution in [0.3, 0.4) is 0 Å². The number of halogens is 5. The van der Waals surface area contributed by atoms with Crippen LogP contribution < -0.4 is 5.32 Å². The van der Waals surface area contributed by atoms with Crippen molar-refractivity contribution in [2.75, 3.05) is 0 Å². The summed E-state index contributed by atoms with van der Waals surface area (Å²) in [6.07, 6.45) is -6.17. The van der Waals surface area contributed by atoms with E-state index in [4.69, 9.17) is 5.11 Å². The molecular weight excluding hydrogens is 337 g/mol. The number of benzene rings is 1. The Kier molecular flexibility index (Phi) is 5.70. The topological polar surface area (TPSA) is 66.4 Å². The molecule has 0 fully saturated rings. The predicted octanol–water partition coefficient (Wildman–Crippen LogP) is 3.55. The van der Waals surface area contributed by atoms with Crippen LogP contribution in [0.25, 0.3) is 0 Å². The first-order valence-electron chi connectivity index (χ1n) is 6.61. The van der Waals surface area contributed by atoms with Crippen molar-refractivity contribution in [3.63, 3.8) is 0 Å². The van der Waals surface area contributed by atoms with E-state index in [9.17, 15) is 31.5 Å². The van der Waals surface area contributed by atoms with E-state index in [0.29, 0.717) is 12.1 Å². The lowest BCUT2D eigenvalue weighted by Gasteiger charge is -2.21. The molecule has 2 N–H and O–H groups in total. The molecule has 0 bridgehead atoms. The second-order valence-corrected chi connectivity index (χ2v) is 5.07. The Labute approximate surface area is 134 Å². The van der Waals surface area contributed by atoms with Crippen LogP contribution in [0.2, 0.25) is 0 Å². The SMILES string of the molecule is C=C(CC(=O)N[C@@H](C)c1ccc(C(F)(F)C(F)(F)F)cc1)C(=O)O. The Morgan fingerprint density at radius 1 is 1.17 bits per heavy atom. The average Bonchev–Trinajstić information content (AvgIpc) is 2.45. The van der Waals surface area contributed by atoms with E-state index in [-0.39, 0.29) is 11.1 Å². The zero-order chi connectivity index (χ0) is 18.7.